The van der Waals surface area contributed by atoms with Gasteiger partial charge in [-0.2, -0.15) is 0 Å². The maximum absolute atomic E-state index is 13.5. The molecule has 0 radical (unpaired) electrons. The first-order chi connectivity index (χ1) is 20.6. The minimum atomic E-state index is -2.74. The number of ether oxygens (including phenoxy) is 3. The number of hydrogen-bond acceptors (Lipinski definition) is 11. The summed E-state index contributed by atoms with van der Waals surface area (Å²) in [5, 5.41) is 11.9. The molecule has 14 nitrogen and oxygen atoms in total. The van der Waals surface area contributed by atoms with Gasteiger partial charge in [0.05, 0.1) is 31.8 Å². The van der Waals surface area contributed by atoms with Crippen molar-refractivity contribution in [3.8, 4) is 5.75 Å². The largest absolute Gasteiger partial charge is 0.418 e. The van der Waals surface area contributed by atoms with E-state index in [1.54, 1.807) is 0 Å². The summed E-state index contributed by atoms with van der Waals surface area (Å²) in [4.78, 5) is 56.5. The van der Waals surface area contributed by atoms with E-state index in [1.165, 1.54) is 52.3 Å². The van der Waals surface area contributed by atoms with E-state index in [4.69, 9.17) is 22.7 Å². The van der Waals surface area contributed by atoms with Gasteiger partial charge in [0.25, 0.3) is 11.5 Å². The molecule has 0 aliphatic carbocycles. The van der Waals surface area contributed by atoms with E-state index in [-0.39, 0.29) is 32.0 Å². The fourth-order valence-electron chi connectivity index (χ4n) is 3.53. The van der Waals surface area contributed by atoms with Crippen LogP contribution in [-0.2, 0) is 33.4 Å². The lowest BCUT2D eigenvalue weighted by Crippen LogP contribution is -2.46. The maximum atomic E-state index is 13.5. The SMILES string of the molecule is [2H]C([2H])([2H])c1nnc(C(=O)NC(C)(C)c2nc(C(=O)NCc3ccc(F)cc3)c(OC(=O)CCOCCOC)c(=O)n2C)o1. The predicted octanol–water partition coefficient (Wildman–Crippen LogP) is 1.16. The van der Waals surface area contributed by atoms with E-state index in [9.17, 15) is 23.6 Å². The lowest BCUT2D eigenvalue weighted by Gasteiger charge is -2.27. The summed E-state index contributed by atoms with van der Waals surface area (Å²) in [6.07, 6.45) is -0.255. The number of aryl methyl sites for hydroxylation is 1. The standard InChI is InChI=1S/C26H31FN6O8/c1-15-31-32-23(40-15)22(36)30-26(2,3)25-29-19(21(35)28-14-16-6-8-17(27)9-7-16)20(24(37)33(25)4)41-18(34)10-11-39-13-12-38-5/h6-9H,10-14H2,1-5H3,(H,28,35)(H,30,36)/i1D3. The van der Waals surface area contributed by atoms with Crippen molar-refractivity contribution in [2.45, 2.75) is 39.2 Å². The van der Waals surface area contributed by atoms with Crippen LogP contribution >= 0.6 is 0 Å². The molecule has 3 rings (SSSR count). The van der Waals surface area contributed by atoms with Gasteiger partial charge < -0.3 is 29.3 Å². The van der Waals surface area contributed by atoms with Crippen LogP contribution in [0.15, 0.2) is 33.5 Å². The minimum absolute atomic E-state index is 0.0433. The van der Waals surface area contributed by atoms with Gasteiger partial charge >= 0.3 is 17.8 Å². The molecule has 15 heteroatoms. The van der Waals surface area contributed by atoms with E-state index in [2.05, 4.69) is 25.8 Å². The van der Waals surface area contributed by atoms with Crippen molar-refractivity contribution >= 4 is 17.8 Å². The first-order valence-electron chi connectivity index (χ1n) is 13.7. The van der Waals surface area contributed by atoms with Crippen LogP contribution in [0, 0.1) is 12.7 Å². The number of halogens is 1. The van der Waals surface area contributed by atoms with Crippen LogP contribution in [0.1, 0.15) is 62.8 Å². The minimum Gasteiger partial charge on any atom is -0.418 e. The Labute approximate surface area is 238 Å². The third-order valence-electron chi connectivity index (χ3n) is 5.53. The quantitative estimate of drug-likeness (QED) is 0.220. The molecule has 2 N–H and O–H groups in total. The predicted molar refractivity (Wildman–Crippen MR) is 140 cm³/mol. The second kappa shape index (κ2) is 13.7. The third-order valence-corrected chi connectivity index (χ3v) is 5.53. The number of carbonyl (C=O) groups excluding carboxylic acids is 3. The van der Waals surface area contributed by atoms with Gasteiger partial charge in [0.2, 0.25) is 11.6 Å². The lowest BCUT2D eigenvalue weighted by molar-refractivity contribution is -0.135. The summed E-state index contributed by atoms with van der Waals surface area (Å²) >= 11 is 0. The van der Waals surface area contributed by atoms with Gasteiger partial charge in [-0.1, -0.05) is 12.1 Å². The topological polar surface area (TPSA) is 177 Å². The Balaban J connectivity index is 1.93. The molecule has 220 valence electrons. The van der Waals surface area contributed by atoms with Crippen LogP contribution in [0.25, 0.3) is 0 Å². The molecule has 1 aromatic carbocycles. The molecule has 0 bridgehead atoms. The molecule has 0 saturated heterocycles. The van der Waals surface area contributed by atoms with E-state index in [1.807, 2.05) is 0 Å². The Morgan fingerprint density at radius 2 is 1.85 bits per heavy atom. The summed E-state index contributed by atoms with van der Waals surface area (Å²) in [5.74, 6) is -5.48. The molecule has 41 heavy (non-hydrogen) atoms. The van der Waals surface area contributed by atoms with E-state index in [0.29, 0.717) is 12.2 Å². The number of nitrogens with one attached hydrogen (secondary N) is 2. The van der Waals surface area contributed by atoms with Crippen LogP contribution in [0.3, 0.4) is 0 Å². The van der Waals surface area contributed by atoms with Crippen LogP contribution in [0.2, 0.25) is 0 Å². The second-order valence-electron chi connectivity index (χ2n) is 9.11. The third kappa shape index (κ3) is 8.25. The number of carbonyl (C=O) groups is 3. The zero-order valence-electron chi connectivity index (χ0n) is 25.8. The second-order valence-corrected chi connectivity index (χ2v) is 9.11. The molecular weight excluding hydrogens is 543 g/mol. The molecule has 2 heterocycles. The Morgan fingerprint density at radius 3 is 2.51 bits per heavy atom. The normalized spacial score (nSPS) is 12.7. The highest BCUT2D eigenvalue weighted by atomic mass is 19.1. The summed E-state index contributed by atoms with van der Waals surface area (Å²) in [5.41, 5.74) is -2.48. The van der Waals surface area contributed by atoms with Gasteiger partial charge in [-0.05, 0) is 31.5 Å². The zero-order valence-corrected chi connectivity index (χ0v) is 22.8. The Bertz CT molecular complexity index is 1560. The van der Waals surface area contributed by atoms with E-state index in [0.717, 1.165) is 4.57 Å². The number of methoxy groups -OCH3 is 1. The molecule has 0 spiro atoms. The van der Waals surface area contributed by atoms with Crippen LogP contribution < -0.4 is 20.9 Å². The van der Waals surface area contributed by atoms with E-state index < -0.39 is 64.8 Å². The Kier molecular flexibility index (Phi) is 8.94. The Hall–Kier alpha value is -4.50. The van der Waals surface area contributed by atoms with Crippen molar-refractivity contribution in [1.29, 1.82) is 0 Å². The molecule has 0 saturated carbocycles. The average Bonchev–Trinajstić information content (AvgIpc) is 3.46. The van der Waals surface area contributed by atoms with Gasteiger partial charge in [0.1, 0.15) is 11.6 Å². The van der Waals surface area contributed by atoms with Gasteiger partial charge in [-0.25, -0.2) is 9.37 Å². The van der Waals surface area contributed by atoms with Crippen molar-refractivity contribution in [2.75, 3.05) is 26.9 Å². The fraction of sp³-hybridized carbons (Fsp3) is 0.423. The molecule has 0 aliphatic heterocycles. The van der Waals surface area contributed by atoms with Crippen LogP contribution in [0.4, 0.5) is 4.39 Å². The number of amides is 2. The summed E-state index contributed by atoms with van der Waals surface area (Å²) < 4.78 is 56.6. The van der Waals surface area contributed by atoms with Gasteiger partial charge in [0.15, 0.2) is 5.69 Å². The molecule has 0 unspecified atom stereocenters. The van der Waals surface area contributed by atoms with E-state index >= 15 is 0 Å². The number of nitrogens with zero attached hydrogens (tertiary/aromatic N) is 4. The molecular formula is C26H31FN6O8. The maximum Gasteiger partial charge on any atom is 0.313 e. The van der Waals surface area contributed by atoms with Gasteiger partial charge in [-0.3, -0.25) is 23.7 Å². The summed E-state index contributed by atoms with van der Waals surface area (Å²) in [7, 11) is 2.77. The highest BCUT2D eigenvalue weighted by Crippen LogP contribution is 2.22. The first-order valence-corrected chi connectivity index (χ1v) is 12.2. The monoisotopic (exact) mass is 577 g/mol. The van der Waals surface area contributed by atoms with Crippen molar-refractivity contribution in [3.05, 3.63) is 69.3 Å². The summed E-state index contributed by atoms with van der Waals surface area (Å²) in [6.45, 7) is 0.535. The van der Waals surface area contributed by atoms with Gasteiger partial charge in [-0.15, -0.1) is 10.2 Å². The number of benzene rings is 1. The van der Waals surface area contributed by atoms with Crippen LogP contribution in [0.5, 0.6) is 5.75 Å². The lowest BCUT2D eigenvalue weighted by atomic mass is 10.0. The number of rotatable bonds is 13. The molecule has 0 aliphatic rings. The smallest absolute Gasteiger partial charge is 0.313 e. The number of hydrogen-bond donors (Lipinski definition) is 2. The number of aromatic nitrogens is 4. The molecule has 2 amide bonds. The average molecular weight is 578 g/mol. The Morgan fingerprint density at radius 1 is 1.12 bits per heavy atom. The summed E-state index contributed by atoms with van der Waals surface area (Å²) in [6, 6.07) is 5.29. The van der Waals surface area contributed by atoms with Crippen molar-refractivity contribution in [2.24, 2.45) is 7.05 Å². The van der Waals surface area contributed by atoms with Crippen LogP contribution in [-0.4, -0.2) is 64.5 Å². The molecule has 2 aromatic heterocycles. The molecule has 0 atom stereocenters. The van der Waals surface area contributed by atoms with Crippen molar-refractivity contribution < 1.29 is 41.5 Å². The van der Waals surface area contributed by atoms with Crippen molar-refractivity contribution in [1.82, 2.24) is 30.4 Å². The highest BCUT2D eigenvalue weighted by molar-refractivity contribution is 5.95. The van der Waals surface area contributed by atoms with Gasteiger partial charge in [0, 0.05) is 31.7 Å². The first kappa shape index (κ1) is 26.7. The molecule has 0 fully saturated rings. The fourth-order valence-corrected chi connectivity index (χ4v) is 3.53. The highest BCUT2D eigenvalue weighted by Gasteiger charge is 2.33. The molecule has 3 aromatic rings. The van der Waals surface area contributed by atoms with Crippen molar-refractivity contribution in [3.63, 3.8) is 0 Å². The zero-order chi connectivity index (χ0) is 32.7. The number of esters is 1.